The first-order valence-electron chi connectivity index (χ1n) is 4.43. The average Bonchev–Trinajstić information content (AvgIpc) is 2.21. The van der Waals surface area contributed by atoms with Crippen LogP contribution in [0.4, 0.5) is 8.78 Å². The molecule has 0 saturated heterocycles. The SMILES string of the molecule is COc1c(Br)cc(F)c(F)c1CCCO. The van der Waals surface area contributed by atoms with E-state index in [2.05, 4.69) is 15.9 Å². The Morgan fingerprint density at radius 3 is 2.67 bits per heavy atom. The third kappa shape index (κ3) is 2.66. The molecule has 0 aliphatic carbocycles. The zero-order valence-electron chi connectivity index (χ0n) is 8.19. The summed E-state index contributed by atoms with van der Waals surface area (Å²) in [5.74, 6) is -1.55. The maximum absolute atomic E-state index is 13.4. The maximum Gasteiger partial charge on any atom is 0.165 e. The van der Waals surface area contributed by atoms with Crippen molar-refractivity contribution in [3.63, 3.8) is 0 Å². The molecule has 0 saturated carbocycles. The molecule has 0 aliphatic rings. The number of hydrogen-bond acceptors (Lipinski definition) is 2. The van der Waals surface area contributed by atoms with Crippen molar-refractivity contribution >= 4 is 15.9 Å². The van der Waals surface area contributed by atoms with E-state index in [1.54, 1.807) is 0 Å². The molecule has 1 N–H and O–H groups in total. The molecule has 5 heteroatoms. The number of aliphatic hydroxyl groups is 1. The van der Waals surface area contributed by atoms with Crippen molar-refractivity contribution in [1.29, 1.82) is 0 Å². The predicted octanol–water partition coefficient (Wildman–Crippen LogP) is 2.66. The highest BCUT2D eigenvalue weighted by molar-refractivity contribution is 9.10. The number of hydrogen-bond donors (Lipinski definition) is 1. The van der Waals surface area contributed by atoms with Crippen LogP contribution in [0.2, 0.25) is 0 Å². The molecule has 2 nitrogen and oxygen atoms in total. The van der Waals surface area contributed by atoms with Gasteiger partial charge < -0.3 is 9.84 Å². The summed E-state index contributed by atoms with van der Waals surface area (Å²) in [6.45, 7) is -0.0727. The van der Waals surface area contributed by atoms with Gasteiger partial charge in [0.15, 0.2) is 11.6 Å². The maximum atomic E-state index is 13.4. The van der Waals surface area contributed by atoms with Gasteiger partial charge in [-0.3, -0.25) is 0 Å². The van der Waals surface area contributed by atoms with E-state index < -0.39 is 11.6 Å². The lowest BCUT2D eigenvalue weighted by molar-refractivity contribution is 0.286. The van der Waals surface area contributed by atoms with Crippen LogP contribution in [-0.2, 0) is 6.42 Å². The quantitative estimate of drug-likeness (QED) is 0.860. The van der Waals surface area contributed by atoms with Gasteiger partial charge in [0, 0.05) is 12.2 Å². The number of methoxy groups -OCH3 is 1. The van der Waals surface area contributed by atoms with Gasteiger partial charge in [-0.15, -0.1) is 0 Å². The molecule has 0 bridgehead atoms. The molecule has 0 atom stereocenters. The van der Waals surface area contributed by atoms with Crippen molar-refractivity contribution < 1.29 is 18.6 Å². The summed E-state index contributed by atoms with van der Waals surface area (Å²) in [5, 5.41) is 8.65. The summed E-state index contributed by atoms with van der Waals surface area (Å²) in [5.41, 5.74) is 0.151. The predicted molar refractivity (Wildman–Crippen MR) is 56.0 cm³/mol. The lowest BCUT2D eigenvalue weighted by Crippen LogP contribution is -2.01. The van der Waals surface area contributed by atoms with Gasteiger partial charge in [0.2, 0.25) is 0 Å². The molecule has 1 rings (SSSR count). The Morgan fingerprint density at radius 1 is 1.47 bits per heavy atom. The smallest absolute Gasteiger partial charge is 0.165 e. The second kappa shape index (κ2) is 5.42. The number of aliphatic hydroxyl groups excluding tert-OH is 1. The average molecular weight is 281 g/mol. The third-order valence-corrected chi connectivity index (χ3v) is 2.60. The van der Waals surface area contributed by atoms with Crippen molar-refractivity contribution in [2.24, 2.45) is 0 Å². The lowest BCUT2D eigenvalue weighted by Gasteiger charge is -2.11. The van der Waals surface area contributed by atoms with Crippen molar-refractivity contribution in [3.05, 3.63) is 27.7 Å². The first kappa shape index (κ1) is 12.4. The molecule has 0 spiro atoms. The van der Waals surface area contributed by atoms with E-state index >= 15 is 0 Å². The summed E-state index contributed by atoms with van der Waals surface area (Å²) in [7, 11) is 1.39. The Hall–Kier alpha value is -0.680. The van der Waals surface area contributed by atoms with Crippen LogP contribution in [0.15, 0.2) is 10.5 Å². The molecule has 0 heterocycles. The van der Waals surface area contributed by atoms with E-state index in [1.807, 2.05) is 0 Å². The van der Waals surface area contributed by atoms with Crippen molar-refractivity contribution in [2.75, 3.05) is 13.7 Å². The second-order valence-electron chi connectivity index (χ2n) is 2.99. The van der Waals surface area contributed by atoms with Crippen LogP contribution >= 0.6 is 15.9 Å². The van der Waals surface area contributed by atoms with Gasteiger partial charge in [0.25, 0.3) is 0 Å². The van der Waals surface area contributed by atoms with Gasteiger partial charge in [-0.2, -0.15) is 0 Å². The largest absolute Gasteiger partial charge is 0.495 e. The summed E-state index contributed by atoms with van der Waals surface area (Å²) < 4.78 is 31.8. The van der Waals surface area contributed by atoms with Crippen LogP contribution in [0.25, 0.3) is 0 Å². The summed E-state index contributed by atoms with van der Waals surface area (Å²) in [6.07, 6.45) is 0.602. The van der Waals surface area contributed by atoms with E-state index in [-0.39, 0.29) is 24.3 Å². The summed E-state index contributed by atoms with van der Waals surface area (Å²) in [4.78, 5) is 0. The molecule has 0 fully saturated rings. The Labute approximate surface area is 95.0 Å². The Morgan fingerprint density at radius 2 is 2.13 bits per heavy atom. The van der Waals surface area contributed by atoms with Gasteiger partial charge in [-0.1, -0.05) is 0 Å². The lowest BCUT2D eigenvalue weighted by atomic mass is 10.1. The minimum atomic E-state index is -0.921. The minimum Gasteiger partial charge on any atom is -0.495 e. The Kier molecular flexibility index (Phi) is 4.47. The molecule has 84 valence electrons. The van der Waals surface area contributed by atoms with E-state index in [4.69, 9.17) is 9.84 Å². The monoisotopic (exact) mass is 280 g/mol. The number of rotatable bonds is 4. The zero-order chi connectivity index (χ0) is 11.4. The van der Waals surface area contributed by atoms with Crippen LogP contribution in [0.1, 0.15) is 12.0 Å². The van der Waals surface area contributed by atoms with Crippen molar-refractivity contribution in [3.8, 4) is 5.75 Å². The van der Waals surface area contributed by atoms with Crippen molar-refractivity contribution in [2.45, 2.75) is 12.8 Å². The molecule has 0 amide bonds. The van der Waals surface area contributed by atoms with Crippen molar-refractivity contribution in [1.82, 2.24) is 0 Å². The van der Waals surface area contributed by atoms with Crippen LogP contribution in [0.5, 0.6) is 5.75 Å². The molecule has 0 radical (unpaired) electrons. The van der Waals surface area contributed by atoms with E-state index in [0.717, 1.165) is 6.07 Å². The molecule has 1 aromatic rings. The number of ether oxygens (including phenoxy) is 1. The minimum absolute atomic E-state index is 0.0727. The van der Waals surface area contributed by atoms with Gasteiger partial charge in [-0.25, -0.2) is 8.78 Å². The first-order chi connectivity index (χ1) is 7.11. The van der Waals surface area contributed by atoms with E-state index in [1.165, 1.54) is 7.11 Å². The van der Waals surface area contributed by atoms with Crippen LogP contribution in [0.3, 0.4) is 0 Å². The molecule has 0 aromatic heterocycles. The van der Waals surface area contributed by atoms with Crippen LogP contribution in [0, 0.1) is 11.6 Å². The van der Waals surface area contributed by atoms with Gasteiger partial charge in [0.05, 0.1) is 11.6 Å². The first-order valence-corrected chi connectivity index (χ1v) is 5.22. The molecule has 0 aliphatic heterocycles. The van der Waals surface area contributed by atoms with Gasteiger partial charge in [0.1, 0.15) is 5.75 Å². The standard InChI is InChI=1S/C10H11BrF2O2/c1-15-10-6(3-2-4-14)9(13)8(12)5-7(10)11/h5,14H,2-4H2,1H3. The Balaban J connectivity index is 3.18. The van der Waals surface area contributed by atoms with E-state index in [9.17, 15) is 8.78 Å². The molecule has 0 unspecified atom stereocenters. The summed E-state index contributed by atoms with van der Waals surface area (Å²) in [6, 6.07) is 1.02. The van der Waals surface area contributed by atoms with Gasteiger partial charge >= 0.3 is 0 Å². The molecular weight excluding hydrogens is 270 g/mol. The number of benzene rings is 1. The second-order valence-corrected chi connectivity index (χ2v) is 3.85. The Bertz CT molecular complexity index is 356. The third-order valence-electron chi connectivity index (χ3n) is 2.01. The topological polar surface area (TPSA) is 29.5 Å². The van der Waals surface area contributed by atoms with Crippen LogP contribution < -0.4 is 4.74 Å². The molecular formula is C10H11BrF2O2. The fraction of sp³-hybridized carbons (Fsp3) is 0.400. The zero-order valence-corrected chi connectivity index (χ0v) is 9.77. The van der Waals surface area contributed by atoms with Crippen LogP contribution in [-0.4, -0.2) is 18.8 Å². The number of halogens is 3. The highest BCUT2D eigenvalue weighted by atomic mass is 79.9. The van der Waals surface area contributed by atoms with Gasteiger partial charge in [-0.05, 0) is 34.8 Å². The highest BCUT2D eigenvalue weighted by Crippen LogP contribution is 2.33. The highest BCUT2D eigenvalue weighted by Gasteiger charge is 2.17. The molecule has 1 aromatic carbocycles. The fourth-order valence-corrected chi connectivity index (χ4v) is 1.93. The van der Waals surface area contributed by atoms with E-state index in [0.29, 0.717) is 10.9 Å². The molecule has 15 heavy (non-hydrogen) atoms. The normalized spacial score (nSPS) is 10.5. The fourth-order valence-electron chi connectivity index (χ4n) is 1.33. The summed E-state index contributed by atoms with van der Waals surface area (Å²) >= 11 is 3.09.